The third-order valence-corrected chi connectivity index (χ3v) is 5.11. The fraction of sp³-hybridized carbons (Fsp3) is 0.714. The first kappa shape index (κ1) is 13.8. The number of carbonyl (C=O) groups is 1. The molecule has 0 aliphatic carbocycles. The summed E-state index contributed by atoms with van der Waals surface area (Å²) in [5.74, 6) is 0.861. The van der Waals surface area contributed by atoms with E-state index in [1.165, 1.54) is 4.88 Å². The first-order chi connectivity index (χ1) is 9.74. The lowest BCUT2D eigenvalue weighted by Gasteiger charge is -2.41. The number of hydrogen-bond donors (Lipinski definition) is 2. The summed E-state index contributed by atoms with van der Waals surface area (Å²) in [7, 11) is 0. The first-order valence-electron chi connectivity index (χ1n) is 7.45. The molecule has 20 heavy (non-hydrogen) atoms. The van der Waals surface area contributed by atoms with E-state index in [4.69, 9.17) is 0 Å². The molecule has 3 rings (SSSR count). The number of piperidine rings is 2. The van der Waals surface area contributed by atoms with E-state index in [-0.39, 0.29) is 5.91 Å². The van der Waals surface area contributed by atoms with Crippen molar-refractivity contribution in [1.29, 1.82) is 0 Å². The van der Waals surface area contributed by atoms with Crippen LogP contribution in [0.5, 0.6) is 0 Å². The number of fused-ring (bicyclic) bond motifs is 1. The van der Waals surface area contributed by atoms with Gasteiger partial charge in [0.05, 0.1) is 0 Å². The van der Waals surface area contributed by atoms with Gasteiger partial charge < -0.3 is 10.6 Å². The summed E-state index contributed by atoms with van der Waals surface area (Å²) in [4.78, 5) is 19.6. The van der Waals surface area contributed by atoms with Crippen molar-refractivity contribution in [1.82, 2.24) is 15.2 Å². The number of thiazole rings is 1. The van der Waals surface area contributed by atoms with Crippen molar-refractivity contribution in [3.05, 3.63) is 11.1 Å². The van der Waals surface area contributed by atoms with E-state index in [1.807, 2.05) is 6.20 Å². The van der Waals surface area contributed by atoms with Gasteiger partial charge in [0.2, 0.25) is 5.91 Å². The summed E-state index contributed by atoms with van der Waals surface area (Å²) in [6, 6.07) is 0.409. The van der Waals surface area contributed by atoms with Crippen LogP contribution < -0.4 is 10.6 Å². The maximum absolute atomic E-state index is 11.4. The molecule has 6 heteroatoms. The number of amides is 1. The van der Waals surface area contributed by atoms with Crippen LogP contribution in [-0.2, 0) is 11.3 Å². The van der Waals surface area contributed by atoms with Gasteiger partial charge in [-0.3, -0.25) is 9.69 Å². The Hall–Kier alpha value is -1.14. The average Bonchev–Trinajstić information content (AvgIpc) is 2.87. The normalized spacial score (nSPS) is 26.9. The van der Waals surface area contributed by atoms with Gasteiger partial charge in [-0.15, -0.1) is 11.3 Å². The molecule has 2 atom stereocenters. The molecule has 2 aliphatic heterocycles. The van der Waals surface area contributed by atoms with Crippen LogP contribution >= 0.6 is 11.3 Å². The molecule has 0 radical (unpaired) electrons. The van der Waals surface area contributed by atoms with Crippen LogP contribution in [0, 0.1) is 5.92 Å². The quantitative estimate of drug-likeness (QED) is 0.887. The monoisotopic (exact) mass is 294 g/mol. The Labute approximate surface area is 123 Å². The minimum Gasteiger partial charge on any atom is -0.362 e. The highest BCUT2D eigenvalue weighted by Crippen LogP contribution is 2.27. The van der Waals surface area contributed by atoms with Gasteiger partial charge in [-0.2, -0.15) is 0 Å². The predicted molar refractivity (Wildman–Crippen MR) is 80.8 cm³/mol. The zero-order valence-corrected chi connectivity index (χ0v) is 12.7. The van der Waals surface area contributed by atoms with Crippen LogP contribution in [0.15, 0.2) is 6.20 Å². The van der Waals surface area contributed by atoms with Gasteiger partial charge in [-0.1, -0.05) is 0 Å². The van der Waals surface area contributed by atoms with Crippen molar-refractivity contribution in [2.24, 2.45) is 5.92 Å². The lowest BCUT2D eigenvalue weighted by atomic mass is 9.85. The van der Waals surface area contributed by atoms with Gasteiger partial charge in [0.25, 0.3) is 0 Å². The van der Waals surface area contributed by atoms with Crippen LogP contribution in [0.3, 0.4) is 0 Å². The number of likely N-dealkylation sites (tertiary alicyclic amines) is 1. The number of hydrogen-bond acceptors (Lipinski definition) is 5. The molecule has 2 unspecified atom stereocenters. The van der Waals surface area contributed by atoms with Gasteiger partial charge >= 0.3 is 0 Å². The molecular weight excluding hydrogens is 272 g/mol. The molecule has 1 aromatic heterocycles. The van der Waals surface area contributed by atoms with Crippen molar-refractivity contribution >= 4 is 22.4 Å². The lowest BCUT2D eigenvalue weighted by Crippen LogP contribution is -2.53. The number of aromatic nitrogens is 1. The van der Waals surface area contributed by atoms with E-state index >= 15 is 0 Å². The molecule has 1 amide bonds. The Balaban J connectivity index is 1.55. The molecule has 0 bridgehead atoms. The molecule has 2 aliphatic rings. The molecule has 2 N–H and O–H groups in total. The van der Waals surface area contributed by atoms with Crippen molar-refractivity contribution in [2.75, 3.05) is 25.0 Å². The summed E-state index contributed by atoms with van der Waals surface area (Å²) in [6.45, 7) is 6.15. The highest BCUT2D eigenvalue weighted by molar-refractivity contribution is 7.15. The zero-order chi connectivity index (χ0) is 13.9. The number of carbonyl (C=O) groups excluding carboxylic acids is 1. The summed E-state index contributed by atoms with van der Waals surface area (Å²) in [5, 5.41) is 7.41. The van der Waals surface area contributed by atoms with E-state index in [2.05, 4.69) is 27.4 Å². The van der Waals surface area contributed by atoms with Gasteiger partial charge in [0.15, 0.2) is 5.13 Å². The molecule has 1 aromatic rings. The smallest absolute Gasteiger partial charge is 0.220 e. The van der Waals surface area contributed by atoms with Crippen molar-refractivity contribution in [2.45, 2.75) is 38.8 Å². The summed E-state index contributed by atoms with van der Waals surface area (Å²) in [6.07, 6.45) is 4.80. The number of nitrogens with zero attached hydrogens (tertiary/aromatic N) is 2. The van der Waals surface area contributed by atoms with E-state index < -0.39 is 0 Å². The second kappa shape index (κ2) is 6.10. The Morgan fingerprint density at radius 2 is 2.45 bits per heavy atom. The first-order valence-corrected chi connectivity index (χ1v) is 8.26. The van der Waals surface area contributed by atoms with E-state index in [0.717, 1.165) is 44.2 Å². The highest BCUT2D eigenvalue weighted by Gasteiger charge is 2.33. The fourth-order valence-corrected chi connectivity index (χ4v) is 4.09. The van der Waals surface area contributed by atoms with Crippen molar-refractivity contribution in [3.8, 4) is 0 Å². The second-order valence-corrected chi connectivity index (χ2v) is 6.77. The Kier molecular flexibility index (Phi) is 4.21. The van der Waals surface area contributed by atoms with E-state index in [0.29, 0.717) is 18.4 Å². The molecule has 0 saturated carbocycles. The van der Waals surface area contributed by atoms with E-state index in [1.54, 1.807) is 11.3 Å². The number of rotatable bonds is 4. The standard InChI is InChI=1S/C14H22N4OS/c1-2-15-14-16-7-11(20-14)9-18-6-5-12-10(8-18)3-4-13(19)17-12/h7,10,12H,2-6,8-9H2,1H3,(H,15,16)(H,17,19). The summed E-state index contributed by atoms with van der Waals surface area (Å²) in [5.41, 5.74) is 0. The van der Waals surface area contributed by atoms with Crippen LogP contribution in [0.1, 0.15) is 31.1 Å². The number of anilines is 1. The minimum absolute atomic E-state index is 0.234. The Morgan fingerprint density at radius 1 is 1.55 bits per heavy atom. The highest BCUT2D eigenvalue weighted by atomic mass is 32.1. The SMILES string of the molecule is CCNc1ncc(CN2CCC3NC(=O)CCC3C2)s1. The Bertz CT molecular complexity index is 475. The number of nitrogens with one attached hydrogen (secondary N) is 2. The van der Waals surface area contributed by atoms with Crippen molar-refractivity contribution < 1.29 is 4.79 Å². The predicted octanol–water partition coefficient (Wildman–Crippen LogP) is 1.68. The molecule has 0 aromatic carbocycles. The molecular formula is C14H22N4OS. The maximum atomic E-state index is 11.4. The van der Waals surface area contributed by atoms with Crippen LogP contribution in [-0.4, -0.2) is 41.5 Å². The maximum Gasteiger partial charge on any atom is 0.220 e. The van der Waals surface area contributed by atoms with Gasteiger partial charge in [0.1, 0.15) is 0 Å². The largest absolute Gasteiger partial charge is 0.362 e. The third kappa shape index (κ3) is 3.12. The summed E-state index contributed by atoms with van der Waals surface area (Å²) < 4.78 is 0. The topological polar surface area (TPSA) is 57.3 Å². The molecule has 2 saturated heterocycles. The molecule has 5 nitrogen and oxygen atoms in total. The van der Waals surface area contributed by atoms with Gasteiger partial charge in [0, 0.05) is 49.7 Å². The molecule has 0 spiro atoms. The van der Waals surface area contributed by atoms with Crippen molar-refractivity contribution in [3.63, 3.8) is 0 Å². The molecule has 3 heterocycles. The fourth-order valence-electron chi connectivity index (χ4n) is 3.16. The molecule has 2 fully saturated rings. The van der Waals surface area contributed by atoms with E-state index in [9.17, 15) is 4.79 Å². The average molecular weight is 294 g/mol. The van der Waals surface area contributed by atoms with Crippen LogP contribution in [0.25, 0.3) is 0 Å². The van der Waals surface area contributed by atoms with Crippen LogP contribution in [0.4, 0.5) is 5.13 Å². The Morgan fingerprint density at radius 3 is 3.30 bits per heavy atom. The third-order valence-electron chi connectivity index (χ3n) is 4.17. The lowest BCUT2D eigenvalue weighted by molar-refractivity contribution is -0.125. The van der Waals surface area contributed by atoms with Gasteiger partial charge in [-0.25, -0.2) is 4.98 Å². The minimum atomic E-state index is 0.234. The zero-order valence-electron chi connectivity index (χ0n) is 11.9. The molecule has 110 valence electrons. The second-order valence-electron chi connectivity index (χ2n) is 5.66. The van der Waals surface area contributed by atoms with Crippen LogP contribution in [0.2, 0.25) is 0 Å². The summed E-state index contributed by atoms with van der Waals surface area (Å²) >= 11 is 1.75. The van der Waals surface area contributed by atoms with Gasteiger partial charge in [-0.05, 0) is 25.7 Å².